The predicted molar refractivity (Wildman–Crippen MR) is 22.0 cm³/mol. The molecule has 5 heavy (non-hydrogen) atoms. The Morgan fingerprint density at radius 2 is 2.00 bits per heavy atom. The number of hydrogen-bond acceptors (Lipinski definition) is 1. The van der Waals surface area contributed by atoms with Crippen LogP contribution in [0.4, 0.5) is 4.20 Å². The smallest absolute Gasteiger partial charge is 0.198 e. The fourth-order valence-electron chi connectivity index (χ4n) is 0. The molecule has 0 saturated heterocycles. The SMILES string of the molecule is C[P+](O)(F)Cl. The summed E-state index contributed by atoms with van der Waals surface area (Å²) < 4.78 is 11.1. The van der Waals surface area contributed by atoms with Gasteiger partial charge in [0.2, 0.25) is 0 Å². The van der Waals surface area contributed by atoms with E-state index in [1.165, 1.54) is 0 Å². The molecule has 1 N–H and O–H groups in total. The summed E-state index contributed by atoms with van der Waals surface area (Å²) in [7, 11) is -3.42. The normalized spacial score (nSPS) is 21.6. The summed E-state index contributed by atoms with van der Waals surface area (Å²) in [5.41, 5.74) is 0. The van der Waals surface area contributed by atoms with E-state index in [-0.39, 0.29) is 0 Å². The maximum absolute atomic E-state index is 11.1. The van der Waals surface area contributed by atoms with Crippen LogP contribution in [0, 0.1) is 0 Å². The quantitative estimate of drug-likeness (QED) is 0.478. The Bertz CT molecular complexity index is 27.1. The van der Waals surface area contributed by atoms with Gasteiger partial charge in [-0.1, -0.05) is 0 Å². The van der Waals surface area contributed by atoms with E-state index in [2.05, 4.69) is 11.2 Å². The molecule has 0 spiro atoms. The van der Waals surface area contributed by atoms with Crippen LogP contribution in [-0.2, 0) is 0 Å². The summed E-state index contributed by atoms with van der Waals surface area (Å²) >= 11 is 4.53. The lowest BCUT2D eigenvalue weighted by molar-refractivity contribution is 0.566. The molecule has 0 aliphatic heterocycles. The van der Waals surface area contributed by atoms with Gasteiger partial charge in [-0.05, 0) is 4.20 Å². The third-order valence-electron chi connectivity index (χ3n) is 0. The molecule has 0 aromatic heterocycles. The van der Waals surface area contributed by atoms with E-state index in [9.17, 15) is 4.20 Å². The molecular weight excluding hydrogens is 113 g/mol. The Labute approximate surface area is 35.1 Å². The number of hydrogen-bond donors (Lipinski definition) is 1. The van der Waals surface area contributed by atoms with Gasteiger partial charge in [-0.2, -0.15) is 4.89 Å². The van der Waals surface area contributed by atoms with E-state index in [0.29, 0.717) is 0 Å². The molecule has 0 rings (SSSR count). The van der Waals surface area contributed by atoms with Crippen molar-refractivity contribution in [2.45, 2.75) is 0 Å². The van der Waals surface area contributed by atoms with Crippen LogP contribution in [0.5, 0.6) is 0 Å². The molecule has 32 valence electrons. The molecule has 0 radical (unpaired) electrons. The van der Waals surface area contributed by atoms with E-state index in [1.54, 1.807) is 0 Å². The molecule has 0 fully saturated rings. The monoisotopic (exact) mass is 117 g/mol. The zero-order chi connectivity index (χ0) is 4.50. The standard InChI is InChI=1S/CH4ClFOP/c1-5(2,3)4/h4H,1H3/q+1. The fourth-order valence-corrected chi connectivity index (χ4v) is 0. The van der Waals surface area contributed by atoms with Gasteiger partial charge in [-0.15, -0.1) is 0 Å². The maximum Gasteiger partial charge on any atom is 0.423 e. The van der Waals surface area contributed by atoms with Crippen LogP contribution in [0.25, 0.3) is 0 Å². The minimum atomic E-state index is -3.42. The second-order valence-corrected chi connectivity index (χ2v) is 4.11. The first-order valence-corrected chi connectivity index (χ1v) is 3.97. The molecule has 0 heterocycles. The molecule has 0 saturated carbocycles. The van der Waals surface area contributed by atoms with Crippen LogP contribution in [0.3, 0.4) is 0 Å². The summed E-state index contributed by atoms with van der Waals surface area (Å²) in [6.07, 6.45) is 0. The van der Waals surface area contributed by atoms with Crippen molar-refractivity contribution in [3.05, 3.63) is 0 Å². The van der Waals surface area contributed by atoms with Gasteiger partial charge in [0.15, 0.2) is 11.2 Å². The van der Waals surface area contributed by atoms with Gasteiger partial charge in [0, 0.05) is 0 Å². The van der Waals surface area contributed by atoms with Crippen LogP contribution in [0.15, 0.2) is 0 Å². The number of rotatable bonds is 0. The largest absolute Gasteiger partial charge is 0.423 e. The highest BCUT2D eigenvalue weighted by Crippen LogP contribution is 2.57. The van der Waals surface area contributed by atoms with Crippen molar-refractivity contribution >= 4 is 18.4 Å². The molecule has 0 amide bonds. The lowest BCUT2D eigenvalue weighted by Gasteiger charge is -1.79. The molecule has 0 aromatic rings. The zero-order valence-electron chi connectivity index (χ0n) is 2.65. The topological polar surface area (TPSA) is 20.2 Å². The van der Waals surface area contributed by atoms with Gasteiger partial charge in [0.05, 0.1) is 0 Å². The highest BCUT2D eigenvalue weighted by atomic mass is 35.7. The van der Waals surface area contributed by atoms with Crippen molar-refractivity contribution in [1.29, 1.82) is 0 Å². The third kappa shape index (κ3) is 84.4. The van der Waals surface area contributed by atoms with E-state index < -0.39 is 7.15 Å². The molecule has 0 bridgehead atoms. The molecular formula is CH4ClFOP+. The summed E-state index contributed by atoms with van der Waals surface area (Å²) in [5, 5.41) is 0. The van der Waals surface area contributed by atoms with Crippen LogP contribution in [0.1, 0.15) is 0 Å². The van der Waals surface area contributed by atoms with Crippen molar-refractivity contribution < 1.29 is 9.09 Å². The fraction of sp³-hybridized carbons (Fsp3) is 1.00. The Hall–Kier alpha value is 0.610. The first-order valence-electron chi connectivity index (χ1n) is 0.985. The Kier molecular flexibility index (Phi) is 1.54. The van der Waals surface area contributed by atoms with Crippen LogP contribution < -0.4 is 0 Å². The van der Waals surface area contributed by atoms with Crippen molar-refractivity contribution in [2.75, 3.05) is 6.66 Å². The van der Waals surface area contributed by atoms with Crippen LogP contribution in [-0.4, -0.2) is 11.6 Å². The van der Waals surface area contributed by atoms with E-state index in [0.717, 1.165) is 6.66 Å². The average molecular weight is 117 g/mol. The summed E-state index contributed by atoms with van der Waals surface area (Å²) in [4.78, 5) is 7.73. The summed E-state index contributed by atoms with van der Waals surface area (Å²) in [6.45, 7) is 0.953. The van der Waals surface area contributed by atoms with E-state index in [4.69, 9.17) is 4.89 Å². The molecule has 0 aliphatic rings. The zero-order valence-corrected chi connectivity index (χ0v) is 4.30. The molecule has 1 unspecified atom stereocenters. The molecule has 0 aromatic carbocycles. The predicted octanol–water partition coefficient (Wildman–Crippen LogP) is 1.58. The van der Waals surface area contributed by atoms with Crippen LogP contribution >= 0.6 is 18.4 Å². The lowest BCUT2D eigenvalue weighted by Crippen LogP contribution is -1.58. The van der Waals surface area contributed by atoms with Gasteiger partial charge < -0.3 is 0 Å². The molecule has 4 heteroatoms. The Balaban J connectivity index is 3.02. The van der Waals surface area contributed by atoms with Gasteiger partial charge in [-0.3, -0.25) is 0 Å². The van der Waals surface area contributed by atoms with Crippen molar-refractivity contribution in [2.24, 2.45) is 0 Å². The highest BCUT2D eigenvalue weighted by Gasteiger charge is 2.24. The first kappa shape index (κ1) is 5.61. The second kappa shape index (κ2) is 1.38. The van der Waals surface area contributed by atoms with Gasteiger partial charge in [-0.25, -0.2) is 0 Å². The second-order valence-electron chi connectivity index (χ2n) is 0.753. The Morgan fingerprint density at radius 1 is 2.00 bits per heavy atom. The van der Waals surface area contributed by atoms with Gasteiger partial charge in [0.1, 0.15) is 6.66 Å². The molecule has 0 aliphatic carbocycles. The Morgan fingerprint density at radius 3 is 2.00 bits per heavy atom. The molecule has 1 nitrogen and oxygen atoms in total. The van der Waals surface area contributed by atoms with E-state index in [1.807, 2.05) is 0 Å². The van der Waals surface area contributed by atoms with E-state index >= 15 is 0 Å². The minimum Gasteiger partial charge on any atom is -0.198 e. The van der Waals surface area contributed by atoms with Gasteiger partial charge in [0.25, 0.3) is 0 Å². The maximum atomic E-state index is 11.1. The van der Waals surface area contributed by atoms with Crippen molar-refractivity contribution in [3.8, 4) is 0 Å². The van der Waals surface area contributed by atoms with Gasteiger partial charge >= 0.3 is 7.15 Å². The average Bonchev–Trinajstić information content (AvgIpc) is 0.722. The van der Waals surface area contributed by atoms with Crippen molar-refractivity contribution in [1.82, 2.24) is 0 Å². The van der Waals surface area contributed by atoms with Crippen molar-refractivity contribution in [3.63, 3.8) is 0 Å². The highest BCUT2D eigenvalue weighted by molar-refractivity contribution is 7.89. The first-order chi connectivity index (χ1) is 2.00. The molecule has 1 atom stereocenters. The lowest BCUT2D eigenvalue weighted by atomic mass is 12.0. The number of halogens is 2. The summed E-state index contributed by atoms with van der Waals surface area (Å²) in [5.74, 6) is 0. The third-order valence-corrected chi connectivity index (χ3v) is 0. The summed E-state index contributed by atoms with van der Waals surface area (Å²) in [6, 6.07) is 0. The van der Waals surface area contributed by atoms with Crippen LogP contribution in [0.2, 0.25) is 0 Å². The minimum absolute atomic E-state index is 0.953.